The quantitative estimate of drug-likeness (QED) is 0.873. The molecule has 0 saturated heterocycles. The van der Waals surface area contributed by atoms with Gasteiger partial charge in [0.15, 0.2) is 0 Å². The minimum atomic E-state index is -0.0155. The number of hydrogen-bond acceptors (Lipinski definition) is 3. The summed E-state index contributed by atoms with van der Waals surface area (Å²) in [6.07, 6.45) is 8.32. The summed E-state index contributed by atoms with van der Waals surface area (Å²) >= 11 is 0. The van der Waals surface area contributed by atoms with Crippen LogP contribution in [0.5, 0.6) is 0 Å². The molecule has 1 aromatic rings. The molecular formula is C16H23N3O2. The van der Waals surface area contributed by atoms with E-state index in [9.17, 15) is 9.59 Å². The van der Waals surface area contributed by atoms with Crippen molar-refractivity contribution in [3.05, 3.63) is 18.3 Å². The predicted octanol–water partition coefficient (Wildman–Crippen LogP) is 3.34. The fourth-order valence-electron chi connectivity index (χ4n) is 2.59. The van der Waals surface area contributed by atoms with Crippen LogP contribution >= 0.6 is 0 Å². The van der Waals surface area contributed by atoms with Gasteiger partial charge in [-0.05, 0) is 31.4 Å². The zero-order chi connectivity index (χ0) is 15.1. The Bertz CT molecular complexity index is 479. The van der Waals surface area contributed by atoms with Gasteiger partial charge in [0.05, 0.1) is 11.9 Å². The van der Waals surface area contributed by atoms with E-state index in [-0.39, 0.29) is 17.7 Å². The van der Waals surface area contributed by atoms with E-state index in [1.165, 1.54) is 6.42 Å². The molecule has 1 heterocycles. The fourth-order valence-corrected chi connectivity index (χ4v) is 2.59. The van der Waals surface area contributed by atoms with Crippen LogP contribution in [0.2, 0.25) is 0 Å². The second-order valence-corrected chi connectivity index (χ2v) is 5.55. The Morgan fingerprint density at radius 1 is 1.19 bits per heavy atom. The molecule has 0 radical (unpaired) electrons. The fraction of sp³-hybridized carbons (Fsp3) is 0.562. The Labute approximate surface area is 125 Å². The highest BCUT2D eigenvalue weighted by atomic mass is 16.2. The summed E-state index contributed by atoms with van der Waals surface area (Å²) in [4.78, 5) is 27.7. The molecule has 0 unspecified atom stereocenters. The lowest BCUT2D eigenvalue weighted by Gasteiger charge is -2.20. The van der Waals surface area contributed by atoms with Crippen molar-refractivity contribution in [3.63, 3.8) is 0 Å². The van der Waals surface area contributed by atoms with Gasteiger partial charge in [-0.2, -0.15) is 0 Å². The number of amides is 2. The Kier molecular flexibility index (Phi) is 5.72. The second-order valence-electron chi connectivity index (χ2n) is 5.55. The maximum Gasteiger partial charge on any atom is 0.228 e. The van der Waals surface area contributed by atoms with E-state index < -0.39 is 0 Å². The van der Waals surface area contributed by atoms with Crippen molar-refractivity contribution in [2.75, 3.05) is 10.6 Å². The summed E-state index contributed by atoms with van der Waals surface area (Å²) in [5, 5.41) is 5.63. The van der Waals surface area contributed by atoms with Gasteiger partial charge >= 0.3 is 0 Å². The van der Waals surface area contributed by atoms with E-state index in [2.05, 4.69) is 15.6 Å². The van der Waals surface area contributed by atoms with Crippen molar-refractivity contribution in [1.29, 1.82) is 0 Å². The van der Waals surface area contributed by atoms with Crippen LogP contribution in [0, 0.1) is 5.92 Å². The molecule has 1 saturated carbocycles. The second kappa shape index (κ2) is 7.76. The summed E-state index contributed by atoms with van der Waals surface area (Å²) in [5.74, 6) is 0.701. The van der Waals surface area contributed by atoms with Crippen molar-refractivity contribution in [1.82, 2.24) is 4.98 Å². The lowest BCUT2D eigenvalue weighted by atomic mass is 9.89. The number of carbonyl (C=O) groups is 2. The highest BCUT2D eigenvalue weighted by Crippen LogP contribution is 2.24. The van der Waals surface area contributed by atoms with Crippen LogP contribution in [0.15, 0.2) is 18.3 Å². The van der Waals surface area contributed by atoms with E-state index in [1.807, 2.05) is 6.92 Å². The molecule has 2 rings (SSSR count). The number of anilines is 2. The van der Waals surface area contributed by atoms with E-state index in [4.69, 9.17) is 0 Å². The van der Waals surface area contributed by atoms with Crippen LogP contribution in [-0.4, -0.2) is 16.8 Å². The summed E-state index contributed by atoms with van der Waals surface area (Å²) in [5.41, 5.74) is 0.657. The third-order valence-electron chi connectivity index (χ3n) is 3.75. The molecular weight excluding hydrogens is 266 g/mol. The number of pyridine rings is 1. The molecule has 0 bridgehead atoms. The van der Waals surface area contributed by atoms with Gasteiger partial charge in [-0.3, -0.25) is 9.59 Å². The lowest BCUT2D eigenvalue weighted by molar-refractivity contribution is -0.120. The third-order valence-corrected chi connectivity index (χ3v) is 3.75. The molecule has 5 heteroatoms. The van der Waals surface area contributed by atoms with Crippen LogP contribution < -0.4 is 10.6 Å². The van der Waals surface area contributed by atoms with Gasteiger partial charge in [-0.15, -0.1) is 0 Å². The predicted molar refractivity (Wildman–Crippen MR) is 83.0 cm³/mol. The average Bonchev–Trinajstić information content (AvgIpc) is 2.50. The van der Waals surface area contributed by atoms with Crippen LogP contribution in [0.25, 0.3) is 0 Å². The van der Waals surface area contributed by atoms with E-state index in [1.54, 1.807) is 18.3 Å². The van der Waals surface area contributed by atoms with Crippen LogP contribution in [0.4, 0.5) is 11.5 Å². The lowest BCUT2D eigenvalue weighted by Crippen LogP contribution is -2.25. The van der Waals surface area contributed by atoms with Crippen molar-refractivity contribution in [3.8, 4) is 0 Å². The molecule has 1 fully saturated rings. The van der Waals surface area contributed by atoms with Crippen LogP contribution in [0.1, 0.15) is 51.9 Å². The monoisotopic (exact) mass is 289 g/mol. The number of rotatable bonds is 5. The normalized spacial score (nSPS) is 15.5. The van der Waals surface area contributed by atoms with Gasteiger partial charge in [0.2, 0.25) is 11.8 Å². The first kappa shape index (κ1) is 15.5. The summed E-state index contributed by atoms with van der Waals surface area (Å²) in [7, 11) is 0. The molecule has 114 valence electrons. The van der Waals surface area contributed by atoms with Gasteiger partial charge in [0, 0.05) is 12.3 Å². The zero-order valence-electron chi connectivity index (χ0n) is 12.5. The molecule has 0 aliphatic heterocycles. The first-order valence-corrected chi connectivity index (χ1v) is 7.76. The van der Waals surface area contributed by atoms with Gasteiger partial charge in [0.25, 0.3) is 0 Å². The Balaban J connectivity index is 1.86. The standard InChI is InChI=1S/C16H23N3O2/c1-2-6-15(20)18-13-9-10-14(17-11-13)19-16(21)12-7-4-3-5-8-12/h9-12H,2-8H2,1H3,(H,18,20)(H,17,19,21). The molecule has 2 amide bonds. The molecule has 1 aromatic heterocycles. The van der Waals surface area contributed by atoms with Crippen molar-refractivity contribution in [2.45, 2.75) is 51.9 Å². The minimum absolute atomic E-state index is 0.0155. The summed E-state index contributed by atoms with van der Waals surface area (Å²) in [6.45, 7) is 1.96. The SMILES string of the molecule is CCCC(=O)Nc1ccc(NC(=O)C2CCCCC2)nc1. The largest absolute Gasteiger partial charge is 0.325 e. The Morgan fingerprint density at radius 3 is 2.57 bits per heavy atom. The smallest absolute Gasteiger partial charge is 0.228 e. The van der Waals surface area contributed by atoms with Crippen LogP contribution in [-0.2, 0) is 9.59 Å². The number of hydrogen-bond donors (Lipinski definition) is 2. The molecule has 5 nitrogen and oxygen atoms in total. The summed E-state index contributed by atoms with van der Waals surface area (Å²) in [6, 6.07) is 3.49. The Morgan fingerprint density at radius 2 is 1.95 bits per heavy atom. The molecule has 0 aromatic carbocycles. The molecule has 0 spiro atoms. The van der Waals surface area contributed by atoms with Crippen LogP contribution in [0.3, 0.4) is 0 Å². The van der Waals surface area contributed by atoms with Gasteiger partial charge in [-0.1, -0.05) is 26.2 Å². The highest BCUT2D eigenvalue weighted by Gasteiger charge is 2.21. The van der Waals surface area contributed by atoms with E-state index in [0.717, 1.165) is 32.1 Å². The summed E-state index contributed by atoms with van der Waals surface area (Å²) < 4.78 is 0. The van der Waals surface area contributed by atoms with Crippen molar-refractivity contribution in [2.24, 2.45) is 5.92 Å². The van der Waals surface area contributed by atoms with Crippen molar-refractivity contribution < 1.29 is 9.59 Å². The molecule has 1 aliphatic rings. The zero-order valence-corrected chi connectivity index (χ0v) is 12.5. The van der Waals surface area contributed by atoms with Gasteiger partial charge in [0.1, 0.15) is 5.82 Å². The molecule has 2 N–H and O–H groups in total. The number of carbonyl (C=O) groups excluding carboxylic acids is 2. The van der Waals surface area contributed by atoms with E-state index in [0.29, 0.717) is 17.9 Å². The first-order valence-electron chi connectivity index (χ1n) is 7.76. The highest BCUT2D eigenvalue weighted by molar-refractivity contribution is 5.92. The number of aromatic nitrogens is 1. The van der Waals surface area contributed by atoms with E-state index >= 15 is 0 Å². The third kappa shape index (κ3) is 4.85. The maximum atomic E-state index is 12.1. The van der Waals surface area contributed by atoms with Crippen molar-refractivity contribution >= 4 is 23.3 Å². The molecule has 0 atom stereocenters. The molecule has 21 heavy (non-hydrogen) atoms. The Hall–Kier alpha value is -1.91. The number of nitrogens with zero attached hydrogens (tertiary/aromatic N) is 1. The number of nitrogens with one attached hydrogen (secondary N) is 2. The molecule has 1 aliphatic carbocycles. The topological polar surface area (TPSA) is 71.1 Å². The average molecular weight is 289 g/mol. The maximum absolute atomic E-state index is 12.1. The minimum Gasteiger partial charge on any atom is -0.325 e. The first-order chi connectivity index (χ1) is 10.2. The van der Waals surface area contributed by atoms with Gasteiger partial charge in [-0.25, -0.2) is 4.98 Å². The van der Waals surface area contributed by atoms with Gasteiger partial charge < -0.3 is 10.6 Å².